The van der Waals surface area contributed by atoms with E-state index in [1.807, 2.05) is 78.2 Å². The number of para-hydroxylation sites is 1. The Kier molecular flexibility index (Phi) is 4.45. The second-order valence-corrected chi connectivity index (χ2v) is 7.50. The van der Waals surface area contributed by atoms with Crippen molar-refractivity contribution in [3.8, 4) is 28.5 Å². The van der Waals surface area contributed by atoms with Gasteiger partial charge < -0.3 is 4.98 Å². The van der Waals surface area contributed by atoms with Crippen molar-refractivity contribution in [2.45, 2.75) is 6.92 Å². The van der Waals surface area contributed by atoms with Gasteiger partial charge in [-0.2, -0.15) is 0 Å². The van der Waals surface area contributed by atoms with Crippen LogP contribution in [0.1, 0.15) is 5.56 Å². The number of aromatic amines is 1. The van der Waals surface area contributed by atoms with Crippen molar-refractivity contribution >= 4 is 22.8 Å². The van der Waals surface area contributed by atoms with E-state index in [0.29, 0.717) is 27.8 Å². The molecule has 0 spiro atoms. The molecule has 0 saturated heterocycles. The van der Waals surface area contributed by atoms with E-state index in [9.17, 15) is 4.79 Å². The minimum absolute atomic E-state index is 0.250. The number of nitrogens with one attached hydrogen (secondary N) is 1. The quantitative estimate of drug-likeness (QED) is 0.431. The molecule has 2 aromatic heterocycles. The number of fused-ring (bicyclic) bond motifs is 1. The number of hydrogen-bond donors (Lipinski definition) is 1. The largest absolute Gasteiger partial charge is 0.305 e. The predicted octanol–water partition coefficient (Wildman–Crippen LogP) is 5.40. The zero-order valence-corrected chi connectivity index (χ0v) is 16.9. The molecule has 5 aromatic rings. The van der Waals surface area contributed by atoms with E-state index in [4.69, 9.17) is 16.6 Å². The van der Waals surface area contributed by atoms with Gasteiger partial charge in [-0.25, -0.2) is 9.97 Å². The molecule has 3 aromatic carbocycles. The Labute approximate surface area is 177 Å². The number of hydrogen-bond acceptors (Lipinski definition) is 3. The third kappa shape index (κ3) is 3.19. The van der Waals surface area contributed by atoms with Gasteiger partial charge in [-0.05, 0) is 43.3 Å². The lowest BCUT2D eigenvalue weighted by atomic mass is 10.1. The number of H-pyrrole nitrogens is 1. The Hall–Kier alpha value is -3.70. The fourth-order valence-electron chi connectivity index (χ4n) is 3.46. The molecule has 146 valence electrons. The molecule has 0 unspecified atom stereocenters. The van der Waals surface area contributed by atoms with Crippen LogP contribution in [0.5, 0.6) is 0 Å². The highest BCUT2D eigenvalue weighted by atomic mass is 35.5. The normalized spacial score (nSPS) is 11.1. The minimum Gasteiger partial charge on any atom is -0.305 e. The van der Waals surface area contributed by atoms with Crippen molar-refractivity contribution in [2.75, 3.05) is 0 Å². The van der Waals surface area contributed by atoms with Gasteiger partial charge >= 0.3 is 0 Å². The number of halogens is 1. The summed E-state index contributed by atoms with van der Waals surface area (Å²) in [6, 6.07) is 24.9. The molecule has 0 bridgehead atoms. The van der Waals surface area contributed by atoms with E-state index in [0.717, 1.165) is 22.4 Å². The zero-order chi connectivity index (χ0) is 20.7. The summed E-state index contributed by atoms with van der Waals surface area (Å²) in [6.45, 7) is 2.04. The molecule has 5 rings (SSSR count). The predicted molar refractivity (Wildman–Crippen MR) is 120 cm³/mol. The van der Waals surface area contributed by atoms with Gasteiger partial charge in [-0.15, -0.1) is 0 Å². The maximum atomic E-state index is 13.2. The smallest absolute Gasteiger partial charge is 0.277 e. The summed E-state index contributed by atoms with van der Waals surface area (Å²) in [5.74, 6) is 1.12. The number of aromatic nitrogens is 4. The van der Waals surface area contributed by atoms with Crippen LogP contribution in [0, 0.1) is 6.92 Å². The van der Waals surface area contributed by atoms with Crippen molar-refractivity contribution in [3.05, 3.63) is 99.8 Å². The minimum atomic E-state index is -0.250. The topological polar surface area (TPSA) is 63.6 Å². The first kappa shape index (κ1) is 18.3. The van der Waals surface area contributed by atoms with Crippen LogP contribution < -0.4 is 5.56 Å². The van der Waals surface area contributed by atoms with E-state index in [2.05, 4.69) is 9.97 Å². The molecule has 30 heavy (non-hydrogen) atoms. The maximum Gasteiger partial charge on any atom is 0.277 e. The fraction of sp³-hybridized carbons (Fsp3) is 0.0417. The van der Waals surface area contributed by atoms with E-state index in [1.165, 1.54) is 0 Å². The third-order valence-corrected chi connectivity index (χ3v) is 5.22. The lowest BCUT2D eigenvalue weighted by Crippen LogP contribution is -2.13. The van der Waals surface area contributed by atoms with Crippen LogP contribution in [0.15, 0.2) is 83.7 Å². The fourth-order valence-corrected chi connectivity index (χ4v) is 3.59. The molecule has 0 amide bonds. The summed E-state index contributed by atoms with van der Waals surface area (Å²) in [4.78, 5) is 25.5. The second kappa shape index (κ2) is 7.28. The van der Waals surface area contributed by atoms with Crippen LogP contribution in [0.3, 0.4) is 0 Å². The van der Waals surface area contributed by atoms with Crippen molar-refractivity contribution < 1.29 is 0 Å². The molecule has 6 heteroatoms. The summed E-state index contributed by atoms with van der Waals surface area (Å²) in [7, 11) is 0. The van der Waals surface area contributed by atoms with E-state index in [1.54, 1.807) is 12.1 Å². The Balaban J connectivity index is 1.80. The molecular weight excluding hydrogens is 396 g/mol. The zero-order valence-electron chi connectivity index (χ0n) is 16.1. The van der Waals surface area contributed by atoms with Crippen LogP contribution in [0.2, 0.25) is 5.02 Å². The van der Waals surface area contributed by atoms with Crippen molar-refractivity contribution in [3.63, 3.8) is 0 Å². The SMILES string of the molecule is Cc1ccc(-c2nc3nc(-c4ccc(Cl)cc4)[nH]c(=O)c3n2-c2ccccc2)cc1. The van der Waals surface area contributed by atoms with Gasteiger partial charge in [0.05, 0.1) is 0 Å². The van der Waals surface area contributed by atoms with E-state index >= 15 is 0 Å². The maximum absolute atomic E-state index is 13.2. The van der Waals surface area contributed by atoms with Crippen molar-refractivity contribution in [1.29, 1.82) is 0 Å². The highest BCUT2D eigenvalue weighted by Crippen LogP contribution is 2.27. The van der Waals surface area contributed by atoms with E-state index in [-0.39, 0.29) is 5.56 Å². The van der Waals surface area contributed by atoms with Crippen molar-refractivity contribution in [1.82, 2.24) is 19.5 Å². The van der Waals surface area contributed by atoms with Crippen LogP contribution >= 0.6 is 11.6 Å². The van der Waals surface area contributed by atoms with Gasteiger partial charge in [-0.3, -0.25) is 9.36 Å². The van der Waals surface area contributed by atoms with Crippen LogP contribution in [0.4, 0.5) is 0 Å². The van der Waals surface area contributed by atoms with Gasteiger partial charge in [0.15, 0.2) is 11.2 Å². The average molecular weight is 413 g/mol. The van der Waals surface area contributed by atoms with Gasteiger partial charge in [0.25, 0.3) is 5.56 Å². The molecule has 0 aliphatic rings. The molecular formula is C24H17ClN4O. The highest BCUT2D eigenvalue weighted by Gasteiger charge is 2.19. The van der Waals surface area contributed by atoms with Crippen LogP contribution in [-0.2, 0) is 0 Å². The Morgan fingerprint density at radius 2 is 1.50 bits per heavy atom. The first-order chi connectivity index (χ1) is 14.6. The summed E-state index contributed by atoms with van der Waals surface area (Å²) in [5, 5.41) is 0.622. The van der Waals surface area contributed by atoms with Crippen molar-refractivity contribution in [2.24, 2.45) is 0 Å². The standard InChI is InChI=1S/C24H17ClN4O/c1-15-7-9-17(10-8-15)23-27-22-20(29(23)19-5-3-2-4-6-19)24(30)28-21(26-22)16-11-13-18(25)14-12-16/h2-14H,1H3,(H,26,28,30). The Morgan fingerprint density at radius 3 is 2.20 bits per heavy atom. The average Bonchev–Trinajstić information content (AvgIpc) is 3.15. The number of nitrogens with zero attached hydrogens (tertiary/aromatic N) is 3. The third-order valence-electron chi connectivity index (χ3n) is 4.97. The van der Waals surface area contributed by atoms with Gasteiger partial charge in [0.1, 0.15) is 11.6 Å². The monoisotopic (exact) mass is 412 g/mol. The number of benzene rings is 3. The molecule has 5 nitrogen and oxygen atoms in total. The number of rotatable bonds is 3. The second-order valence-electron chi connectivity index (χ2n) is 7.07. The van der Waals surface area contributed by atoms with Crippen LogP contribution in [0.25, 0.3) is 39.6 Å². The first-order valence-corrected chi connectivity index (χ1v) is 9.89. The van der Waals surface area contributed by atoms with Gasteiger partial charge in [0, 0.05) is 21.8 Å². The molecule has 0 fully saturated rings. The molecule has 0 atom stereocenters. The summed E-state index contributed by atoms with van der Waals surface area (Å²) >= 11 is 5.99. The number of aryl methyl sites for hydroxylation is 1. The summed E-state index contributed by atoms with van der Waals surface area (Å²) < 4.78 is 1.86. The molecule has 0 saturated carbocycles. The first-order valence-electron chi connectivity index (χ1n) is 9.51. The van der Waals surface area contributed by atoms with Crippen LogP contribution in [-0.4, -0.2) is 19.5 Å². The summed E-state index contributed by atoms with van der Waals surface area (Å²) in [6.07, 6.45) is 0. The lowest BCUT2D eigenvalue weighted by molar-refractivity contribution is 1.08. The molecule has 2 heterocycles. The Morgan fingerprint density at radius 1 is 0.833 bits per heavy atom. The van der Waals surface area contributed by atoms with Gasteiger partial charge in [-0.1, -0.05) is 59.6 Å². The number of imidazole rings is 1. The highest BCUT2D eigenvalue weighted by molar-refractivity contribution is 6.30. The van der Waals surface area contributed by atoms with E-state index < -0.39 is 0 Å². The molecule has 0 aliphatic heterocycles. The molecule has 0 aliphatic carbocycles. The van der Waals surface area contributed by atoms with Gasteiger partial charge in [0.2, 0.25) is 0 Å². The molecule has 0 radical (unpaired) electrons. The Bertz CT molecular complexity index is 1400. The molecule has 1 N–H and O–H groups in total. The lowest BCUT2D eigenvalue weighted by Gasteiger charge is -2.09. The summed E-state index contributed by atoms with van der Waals surface area (Å²) in [5.41, 5.74) is 4.24.